The molecule has 0 bridgehead atoms. The van der Waals surface area contributed by atoms with Gasteiger partial charge in [-0.05, 0) is 77.4 Å². The number of furan rings is 1. The minimum atomic E-state index is -4.16. The molecule has 6 nitrogen and oxygen atoms in total. The van der Waals surface area contributed by atoms with Crippen molar-refractivity contribution in [3.8, 4) is 16.9 Å². The molecule has 0 unspecified atom stereocenters. The summed E-state index contributed by atoms with van der Waals surface area (Å²) in [7, 11) is -4.16. The van der Waals surface area contributed by atoms with E-state index in [4.69, 9.17) is 8.60 Å². The lowest BCUT2D eigenvalue weighted by atomic mass is 10.0. The molecule has 1 aromatic heterocycles. The van der Waals surface area contributed by atoms with E-state index in [1.807, 2.05) is 42.5 Å². The van der Waals surface area contributed by atoms with Crippen LogP contribution in [0.1, 0.15) is 21.7 Å². The first-order valence-electron chi connectivity index (χ1n) is 12.1. The molecule has 0 spiro atoms. The van der Waals surface area contributed by atoms with Crippen molar-refractivity contribution in [2.45, 2.75) is 18.0 Å². The van der Waals surface area contributed by atoms with Gasteiger partial charge in [0.2, 0.25) is 0 Å². The van der Waals surface area contributed by atoms with Gasteiger partial charge in [-0.25, -0.2) is 4.39 Å². The van der Waals surface area contributed by atoms with E-state index < -0.39 is 15.9 Å². The van der Waals surface area contributed by atoms with Crippen LogP contribution in [-0.2, 0) is 23.2 Å². The number of benzene rings is 4. The van der Waals surface area contributed by atoms with Gasteiger partial charge < -0.3 is 13.5 Å². The molecule has 0 radical (unpaired) electrons. The molecular formula is C31H24FNO5S. The molecule has 0 aliphatic rings. The zero-order valence-corrected chi connectivity index (χ0v) is 21.6. The highest BCUT2D eigenvalue weighted by atomic mass is 32.2. The summed E-state index contributed by atoms with van der Waals surface area (Å²) in [4.78, 5) is 15.0. The zero-order valence-electron chi connectivity index (χ0n) is 20.7. The minimum Gasteiger partial charge on any atom is -0.467 e. The summed E-state index contributed by atoms with van der Waals surface area (Å²) in [6.45, 7) is 0.388. The summed E-state index contributed by atoms with van der Waals surface area (Å²) in [6, 6.07) is 31.7. The van der Waals surface area contributed by atoms with Crippen LogP contribution in [-0.4, -0.2) is 19.2 Å². The van der Waals surface area contributed by atoms with Crippen molar-refractivity contribution < 1.29 is 26.2 Å². The maximum atomic E-state index is 13.6. The van der Waals surface area contributed by atoms with E-state index in [2.05, 4.69) is 0 Å². The van der Waals surface area contributed by atoms with Crippen molar-refractivity contribution in [2.75, 3.05) is 0 Å². The summed E-state index contributed by atoms with van der Waals surface area (Å²) in [5.41, 5.74) is 3.21. The van der Waals surface area contributed by atoms with E-state index in [0.29, 0.717) is 16.9 Å². The predicted molar refractivity (Wildman–Crippen MR) is 145 cm³/mol. The highest BCUT2D eigenvalue weighted by molar-refractivity contribution is 7.87. The van der Waals surface area contributed by atoms with Crippen LogP contribution < -0.4 is 4.18 Å². The van der Waals surface area contributed by atoms with Crippen molar-refractivity contribution in [3.05, 3.63) is 144 Å². The molecule has 0 aliphatic carbocycles. The summed E-state index contributed by atoms with van der Waals surface area (Å²) in [6.07, 6.45) is 1.54. The number of nitrogens with zero attached hydrogens (tertiary/aromatic N) is 1. The molecular weight excluding hydrogens is 517 g/mol. The van der Waals surface area contributed by atoms with Gasteiger partial charge in [0, 0.05) is 12.1 Å². The van der Waals surface area contributed by atoms with Crippen LogP contribution in [0.25, 0.3) is 11.1 Å². The van der Waals surface area contributed by atoms with Gasteiger partial charge in [-0.15, -0.1) is 0 Å². The second-order valence-corrected chi connectivity index (χ2v) is 10.4. The van der Waals surface area contributed by atoms with Crippen molar-refractivity contribution in [1.82, 2.24) is 4.90 Å². The second-order valence-electron chi connectivity index (χ2n) is 8.82. The van der Waals surface area contributed by atoms with Crippen LogP contribution in [0.4, 0.5) is 4.39 Å². The molecule has 0 saturated heterocycles. The molecule has 1 amide bonds. The molecule has 1 heterocycles. The Morgan fingerprint density at radius 2 is 1.49 bits per heavy atom. The van der Waals surface area contributed by atoms with E-state index in [0.717, 1.165) is 35.4 Å². The number of carbonyl (C=O) groups excluding carboxylic acids is 1. The molecule has 0 atom stereocenters. The maximum absolute atomic E-state index is 13.6. The van der Waals surface area contributed by atoms with Gasteiger partial charge in [0.1, 0.15) is 22.2 Å². The summed E-state index contributed by atoms with van der Waals surface area (Å²) >= 11 is 0. The first kappa shape index (κ1) is 25.9. The van der Waals surface area contributed by atoms with E-state index in [9.17, 15) is 17.6 Å². The fourth-order valence-electron chi connectivity index (χ4n) is 4.10. The van der Waals surface area contributed by atoms with E-state index in [1.54, 1.807) is 53.6 Å². The molecule has 0 saturated carbocycles. The molecule has 8 heteroatoms. The van der Waals surface area contributed by atoms with Crippen molar-refractivity contribution in [3.63, 3.8) is 0 Å². The molecule has 39 heavy (non-hydrogen) atoms. The molecule has 5 rings (SSSR count). The number of rotatable bonds is 9. The number of carbonyl (C=O) groups is 1. The Morgan fingerprint density at radius 3 is 2.18 bits per heavy atom. The lowest BCUT2D eigenvalue weighted by Crippen LogP contribution is -2.30. The Labute approximate surface area is 226 Å². The second kappa shape index (κ2) is 11.4. The van der Waals surface area contributed by atoms with Gasteiger partial charge >= 0.3 is 10.1 Å². The first-order valence-corrected chi connectivity index (χ1v) is 13.5. The van der Waals surface area contributed by atoms with Gasteiger partial charge in [0.05, 0.1) is 12.8 Å². The zero-order chi connectivity index (χ0) is 27.2. The third-order valence-electron chi connectivity index (χ3n) is 6.03. The molecule has 0 aliphatic heterocycles. The SMILES string of the molecule is O=C(c1ccc(-c2ccccc2)cc1)N(Cc1cccc(OS(=O)(=O)c2ccc(F)cc2)c1)Cc1ccco1. The summed E-state index contributed by atoms with van der Waals surface area (Å²) in [5.74, 6) is -0.0757. The van der Waals surface area contributed by atoms with E-state index in [1.165, 1.54) is 6.07 Å². The Kier molecular flexibility index (Phi) is 7.56. The van der Waals surface area contributed by atoms with E-state index >= 15 is 0 Å². The monoisotopic (exact) mass is 541 g/mol. The Bertz CT molecular complexity index is 1650. The van der Waals surface area contributed by atoms with Crippen molar-refractivity contribution in [2.24, 2.45) is 0 Å². The van der Waals surface area contributed by atoms with Crippen LogP contribution >= 0.6 is 0 Å². The standard InChI is InChI=1S/C31H24FNO5S/c32-27-15-17-30(18-16-27)39(35,36)38-28-9-4-6-23(20-28)21-33(22-29-10-5-19-37-29)31(34)26-13-11-25(12-14-26)24-7-2-1-3-8-24/h1-20H,21-22H2. The normalized spacial score (nSPS) is 11.2. The van der Waals surface area contributed by atoms with Crippen molar-refractivity contribution in [1.29, 1.82) is 0 Å². The largest absolute Gasteiger partial charge is 0.467 e. The summed E-state index contributed by atoms with van der Waals surface area (Å²) in [5, 5.41) is 0. The Morgan fingerprint density at radius 1 is 0.769 bits per heavy atom. The minimum absolute atomic E-state index is 0.0782. The average Bonchev–Trinajstić information content (AvgIpc) is 3.46. The quantitative estimate of drug-likeness (QED) is 0.194. The lowest BCUT2D eigenvalue weighted by molar-refractivity contribution is 0.0717. The third-order valence-corrected chi connectivity index (χ3v) is 7.29. The predicted octanol–water partition coefficient (Wildman–Crippen LogP) is 6.70. The Balaban J connectivity index is 1.37. The van der Waals surface area contributed by atoms with Gasteiger partial charge in [-0.2, -0.15) is 8.42 Å². The van der Waals surface area contributed by atoms with Crippen LogP contribution in [0.15, 0.2) is 131 Å². The molecule has 0 N–H and O–H groups in total. The third kappa shape index (κ3) is 6.42. The fourth-order valence-corrected chi connectivity index (χ4v) is 5.02. The highest BCUT2D eigenvalue weighted by Gasteiger charge is 2.20. The number of halogens is 1. The van der Waals surface area contributed by atoms with Gasteiger partial charge in [-0.3, -0.25) is 4.79 Å². The highest BCUT2D eigenvalue weighted by Crippen LogP contribution is 2.24. The average molecular weight is 542 g/mol. The lowest BCUT2D eigenvalue weighted by Gasteiger charge is -2.22. The van der Waals surface area contributed by atoms with Crippen molar-refractivity contribution >= 4 is 16.0 Å². The summed E-state index contributed by atoms with van der Waals surface area (Å²) < 4.78 is 49.3. The van der Waals surface area contributed by atoms with Crippen LogP contribution in [0.5, 0.6) is 5.75 Å². The fraction of sp³-hybridized carbons (Fsp3) is 0.0645. The van der Waals surface area contributed by atoms with Gasteiger partial charge in [0.25, 0.3) is 5.91 Å². The van der Waals surface area contributed by atoms with Crippen LogP contribution in [0.2, 0.25) is 0 Å². The number of hydrogen-bond acceptors (Lipinski definition) is 5. The molecule has 5 aromatic rings. The maximum Gasteiger partial charge on any atom is 0.339 e. The topological polar surface area (TPSA) is 76.8 Å². The van der Waals surface area contributed by atoms with Crippen LogP contribution in [0.3, 0.4) is 0 Å². The number of amides is 1. The molecule has 4 aromatic carbocycles. The Hall–Kier alpha value is -4.69. The number of hydrogen-bond donors (Lipinski definition) is 0. The first-order chi connectivity index (χ1) is 18.9. The smallest absolute Gasteiger partial charge is 0.339 e. The van der Waals surface area contributed by atoms with Gasteiger partial charge in [-0.1, -0.05) is 54.6 Å². The molecule has 196 valence electrons. The van der Waals surface area contributed by atoms with E-state index in [-0.39, 0.29) is 29.6 Å². The molecule has 0 fully saturated rings. The van der Waals surface area contributed by atoms with Crippen LogP contribution in [0, 0.1) is 5.82 Å². The van der Waals surface area contributed by atoms with Gasteiger partial charge in [0.15, 0.2) is 0 Å².